The van der Waals surface area contributed by atoms with Gasteiger partial charge in [0, 0.05) is 85.5 Å². The highest BCUT2D eigenvalue weighted by Crippen LogP contribution is 2.32. The highest BCUT2D eigenvalue weighted by atomic mass is 16.1. The Kier molecular flexibility index (Phi) is 5.67. The largest absolute Gasteiger partial charge is 0.344 e. The molecule has 1 unspecified atom stereocenters. The van der Waals surface area contributed by atoms with Crippen molar-refractivity contribution in [2.24, 2.45) is 7.05 Å². The van der Waals surface area contributed by atoms with E-state index < -0.39 is 0 Å². The van der Waals surface area contributed by atoms with E-state index in [9.17, 15) is 10.1 Å². The SMILES string of the molecule is Cn1cc(-c2cc(-c3ccc(N4CCNCC4C(=O)c4ccncc4)nc3)c3c(C#N)cnn3c2)cn1. The quantitative estimate of drug-likeness (QED) is 0.375. The van der Waals surface area contributed by atoms with E-state index in [-0.39, 0.29) is 11.8 Å². The molecule has 6 heterocycles. The van der Waals surface area contributed by atoms with Gasteiger partial charge in [-0.1, -0.05) is 0 Å². The molecule has 0 saturated carbocycles. The molecule has 5 aromatic heterocycles. The van der Waals surface area contributed by atoms with Crippen molar-refractivity contribution < 1.29 is 4.79 Å². The number of hydrogen-bond acceptors (Lipinski definition) is 8. The molecular weight excluding hydrogens is 466 g/mol. The van der Waals surface area contributed by atoms with E-state index in [1.54, 1.807) is 52.3 Å². The van der Waals surface area contributed by atoms with E-state index in [0.29, 0.717) is 24.2 Å². The lowest BCUT2D eigenvalue weighted by atomic mass is 10.0. The molecular formula is C27H23N9O. The average Bonchev–Trinajstić information content (AvgIpc) is 3.58. The monoisotopic (exact) mass is 489 g/mol. The molecule has 0 amide bonds. The normalized spacial score (nSPS) is 15.6. The highest BCUT2D eigenvalue weighted by molar-refractivity contribution is 6.02. The van der Waals surface area contributed by atoms with Crippen LogP contribution in [0.5, 0.6) is 0 Å². The molecule has 10 nitrogen and oxygen atoms in total. The van der Waals surface area contributed by atoms with Crippen molar-refractivity contribution in [1.29, 1.82) is 5.26 Å². The number of rotatable bonds is 5. The summed E-state index contributed by atoms with van der Waals surface area (Å²) in [5.41, 5.74) is 5.41. The number of Topliss-reactive ketones (excluding diaryl/α,β-unsaturated/α-hetero) is 1. The van der Waals surface area contributed by atoms with Gasteiger partial charge in [-0.05, 0) is 30.3 Å². The summed E-state index contributed by atoms with van der Waals surface area (Å²) in [5, 5.41) is 21.7. The zero-order chi connectivity index (χ0) is 25.4. The van der Waals surface area contributed by atoms with Gasteiger partial charge in [0.2, 0.25) is 0 Å². The number of nitriles is 1. The first-order valence-corrected chi connectivity index (χ1v) is 11.9. The Morgan fingerprint density at radius 1 is 1.05 bits per heavy atom. The lowest BCUT2D eigenvalue weighted by molar-refractivity contribution is 0.0950. The van der Waals surface area contributed by atoms with E-state index in [4.69, 9.17) is 4.98 Å². The number of ketones is 1. The van der Waals surface area contributed by atoms with Crippen molar-refractivity contribution in [3.8, 4) is 28.3 Å². The maximum Gasteiger partial charge on any atom is 0.186 e. The number of piperazine rings is 1. The minimum absolute atomic E-state index is 0.0317. The molecule has 0 radical (unpaired) electrons. The van der Waals surface area contributed by atoms with Gasteiger partial charge in [-0.25, -0.2) is 9.50 Å². The lowest BCUT2D eigenvalue weighted by Gasteiger charge is -2.36. The van der Waals surface area contributed by atoms with Crippen molar-refractivity contribution in [2.75, 3.05) is 24.5 Å². The van der Waals surface area contributed by atoms with Crippen molar-refractivity contribution in [3.05, 3.63) is 84.8 Å². The van der Waals surface area contributed by atoms with Crippen LogP contribution >= 0.6 is 0 Å². The van der Waals surface area contributed by atoms with Crippen LogP contribution in [0.3, 0.4) is 0 Å². The van der Waals surface area contributed by atoms with E-state index in [1.165, 1.54) is 0 Å². The van der Waals surface area contributed by atoms with Crippen LogP contribution in [0.2, 0.25) is 0 Å². The number of aryl methyl sites for hydroxylation is 1. The third-order valence-corrected chi connectivity index (χ3v) is 6.63. The van der Waals surface area contributed by atoms with Gasteiger partial charge in [-0.3, -0.25) is 14.5 Å². The fraction of sp³-hybridized carbons (Fsp3) is 0.185. The summed E-state index contributed by atoms with van der Waals surface area (Å²) in [5.74, 6) is 0.760. The molecule has 1 N–H and O–H groups in total. The summed E-state index contributed by atoms with van der Waals surface area (Å²) >= 11 is 0. The molecule has 0 aliphatic carbocycles. The summed E-state index contributed by atoms with van der Waals surface area (Å²) in [6, 6.07) is 11.3. The van der Waals surface area contributed by atoms with Crippen LogP contribution in [-0.2, 0) is 7.05 Å². The van der Waals surface area contributed by atoms with Crippen LogP contribution in [0.4, 0.5) is 5.82 Å². The molecule has 6 rings (SSSR count). The molecule has 37 heavy (non-hydrogen) atoms. The Morgan fingerprint density at radius 2 is 1.92 bits per heavy atom. The summed E-state index contributed by atoms with van der Waals surface area (Å²) in [6.07, 6.45) is 12.3. The minimum Gasteiger partial charge on any atom is -0.344 e. The van der Waals surface area contributed by atoms with Crippen LogP contribution in [-0.4, -0.2) is 60.8 Å². The Hall–Kier alpha value is -4.88. The van der Waals surface area contributed by atoms with E-state index >= 15 is 0 Å². The topological polar surface area (TPSA) is 117 Å². The maximum atomic E-state index is 13.2. The Labute approximate surface area is 212 Å². The molecule has 1 atom stereocenters. The number of anilines is 1. The number of nitrogens with zero attached hydrogens (tertiary/aromatic N) is 8. The summed E-state index contributed by atoms with van der Waals surface area (Å²) in [4.78, 5) is 24.1. The third-order valence-electron chi connectivity index (χ3n) is 6.63. The minimum atomic E-state index is -0.366. The summed E-state index contributed by atoms with van der Waals surface area (Å²) in [6.45, 7) is 1.97. The van der Waals surface area contributed by atoms with Gasteiger partial charge in [-0.2, -0.15) is 15.5 Å². The Bertz CT molecular complexity index is 1630. The van der Waals surface area contributed by atoms with Crippen LogP contribution in [0.25, 0.3) is 27.8 Å². The Balaban J connectivity index is 1.38. The van der Waals surface area contributed by atoms with Gasteiger partial charge < -0.3 is 10.2 Å². The average molecular weight is 490 g/mol. The molecule has 1 aliphatic heterocycles. The van der Waals surface area contributed by atoms with Crippen LogP contribution in [0, 0.1) is 11.3 Å². The van der Waals surface area contributed by atoms with Crippen LogP contribution in [0.15, 0.2) is 73.7 Å². The highest BCUT2D eigenvalue weighted by Gasteiger charge is 2.30. The lowest BCUT2D eigenvalue weighted by Crippen LogP contribution is -2.55. The van der Waals surface area contributed by atoms with E-state index in [0.717, 1.165) is 40.1 Å². The van der Waals surface area contributed by atoms with E-state index in [2.05, 4.69) is 26.6 Å². The molecule has 1 fully saturated rings. The standard InChI is InChI=1S/C27H23N9O/c1-34-16-22(14-32-34)20-10-23(26-21(11-28)13-33-36(26)17-20)19-2-3-25(31-12-19)35-9-8-30-15-24(35)27(37)18-4-6-29-7-5-18/h2-7,10,12-14,16-17,24,30H,8-9,15H2,1H3. The molecule has 182 valence electrons. The first-order valence-electron chi connectivity index (χ1n) is 11.9. The second kappa shape index (κ2) is 9.29. The number of pyridine rings is 3. The Morgan fingerprint density at radius 3 is 2.65 bits per heavy atom. The zero-order valence-corrected chi connectivity index (χ0v) is 20.1. The van der Waals surface area contributed by atoms with Crippen molar-refractivity contribution >= 4 is 17.1 Å². The molecule has 0 bridgehead atoms. The summed E-state index contributed by atoms with van der Waals surface area (Å²) in [7, 11) is 1.87. The number of carbonyl (C=O) groups is 1. The van der Waals surface area contributed by atoms with Crippen LogP contribution < -0.4 is 10.2 Å². The van der Waals surface area contributed by atoms with Crippen molar-refractivity contribution in [2.45, 2.75) is 6.04 Å². The van der Waals surface area contributed by atoms with Gasteiger partial charge in [0.25, 0.3) is 0 Å². The predicted molar refractivity (Wildman–Crippen MR) is 138 cm³/mol. The second-order valence-corrected chi connectivity index (χ2v) is 8.93. The molecule has 0 spiro atoms. The first kappa shape index (κ1) is 22.6. The number of aromatic nitrogens is 6. The molecule has 0 aromatic carbocycles. The van der Waals surface area contributed by atoms with Gasteiger partial charge >= 0.3 is 0 Å². The number of nitrogens with one attached hydrogen (secondary N) is 1. The van der Waals surface area contributed by atoms with Gasteiger partial charge in [0.15, 0.2) is 5.78 Å². The van der Waals surface area contributed by atoms with Gasteiger partial charge in [-0.15, -0.1) is 0 Å². The number of carbonyl (C=O) groups excluding carboxylic acids is 1. The zero-order valence-electron chi connectivity index (χ0n) is 20.1. The predicted octanol–water partition coefficient (Wildman–Crippen LogP) is 2.72. The number of hydrogen-bond donors (Lipinski definition) is 1. The molecule has 1 aliphatic rings. The smallest absolute Gasteiger partial charge is 0.186 e. The van der Waals surface area contributed by atoms with Gasteiger partial charge in [0.1, 0.15) is 17.9 Å². The van der Waals surface area contributed by atoms with Crippen molar-refractivity contribution in [1.82, 2.24) is 34.7 Å². The summed E-state index contributed by atoms with van der Waals surface area (Å²) < 4.78 is 3.47. The maximum absolute atomic E-state index is 13.2. The fourth-order valence-corrected chi connectivity index (χ4v) is 4.79. The molecule has 10 heteroatoms. The fourth-order valence-electron chi connectivity index (χ4n) is 4.79. The number of fused-ring (bicyclic) bond motifs is 1. The molecule has 5 aromatic rings. The third kappa shape index (κ3) is 4.11. The van der Waals surface area contributed by atoms with Gasteiger partial charge in [0.05, 0.1) is 23.5 Å². The second-order valence-electron chi connectivity index (χ2n) is 8.93. The van der Waals surface area contributed by atoms with E-state index in [1.807, 2.05) is 42.5 Å². The first-order chi connectivity index (χ1) is 18.1. The molecule has 1 saturated heterocycles. The van der Waals surface area contributed by atoms with Crippen LogP contribution in [0.1, 0.15) is 15.9 Å². The van der Waals surface area contributed by atoms with Crippen molar-refractivity contribution in [3.63, 3.8) is 0 Å².